The average molecular weight is 438 g/mol. The molecule has 0 radical (unpaired) electrons. The highest BCUT2D eigenvalue weighted by Gasteiger charge is 2.09. The van der Waals surface area contributed by atoms with E-state index in [1.54, 1.807) is 36.4 Å². The first-order valence-corrected chi connectivity index (χ1v) is 9.76. The van der Waals surface area contributed by atoms with Crippen molar-refractivity contribution >= 4 is 33.3 Å². The fourth-order valence-electron chi connectivity index (χ4n) is 2.63. The lowest BCUT2D eigenvalue weighted by molar-refractivity contribution is 0.0920. The number of benzene rings is 3. The molecule has 0 spiro atoms. The van der Waals surface area contributed by atoms with Crippen LogP contribution in [-0.2, 0) is 6.42 Å². The zero-order valence-corrected chi connectivity index (χ0v) is 17.0. The summed E-state index contributed by atoms with van der Waals surface area (Å²) in [6, 6.07) is 21.6. The van der Waals surface area contributed by atoms with Gasteiger partial charge < -0.3 is 10.1 Å². The number of carbonyl (C=O) groups is 2. The van der Waals surface area contributed by atoms with Gasteiger partial charge in [-0.3, -0.25) is 9.59 Å². The molecule has 0 saturated heterocycles. The predicted octanol–water partition coefficient (Wildman–Crippen LogP) is 5.53. The molecule has 0 heterocycles. The minimum Gasteiger partial charge on any atom is -0.485 e. The number of anilines is 1. The van der Waals surface area contributed by atoms with E-state index < -0.39 is 0 Å². The second-order valence-corrected chi connectivity index (χ2v) is 7.17. The number of Topliss-reactive ketones (excluding diaryl/α,β-unsaturated/α-hetero) is 1. The van der Waals surface area contributed by atoms with Gasteiger partial charge in [-0.1, -0.05) is 53.2 Å². The van der Waals surface area contributed by atoms with Crippen LogP contribution in [0.15, 0.2) is 77.3 Å². The second kappa shape index (κ2) is 9.33. The monoisotopic (exact) mass is 437 g/mol. The lowest BCUT2D eigenvalue weighted by atomic mass is 10.1. The second-order valence-electron chi connectivity index (χ2n) is 6.25. The standard InChI is InChI=1S/C23H20BrNO3/c1-2-16-6-8-17(9-7-16)22(26)15-28-21-5-3-4-20(14-21)25-23(27)18-10-12-19(24)13-11-18/h3-14H,2,15H2,1H3,(H,25,27). The molecular weight excluding hydrogens is 418 g/mol. The third kappa shape index (κ3) is 5.30. The highest BCUT2D eigenvalue weighted by molar-refractivity contribution is 9.10. The zero-order chi connectivity index (χ0) is 19.9. The number of nitrogens with one attached hydrogen (secondary N) is 1. The first-order chi connectivity index (χ1) is 13.5. The van der Waals surface area contributed by atoms with Crippen LogP contribution < -0.4 is 10.1 Å². The normalized spacial score (nSPS) is 10.4. The maximum atomic E-state index is 12.3. The molecule has 0 aliphatic heterocycles. The van der Waals surface area contributed by atoms with Crippen LogP contribution in [-0.4, -0.2) is 18.3 Å². The molecule has 0 unspecified atom stereocenters. The van der Waals surface area contributed by atoms with Crippen molar-refractivity contribution in [1.29, 1.82) is 0 Å². The molecule has 0 aliphatic rings. The summed E-state index contributed by atoms with van der Waals surface area (Å²) in [6.07, 6.45) is 0.934. The Morgan fingerprint density at radius 2 is 1.61 bits per heavy atom. The lowest BCUT2D eigenvalue weighted by Crippen LogP contribution is -2.13. The molecule has 0 bridgehead atoms. The van der Waals surface area contributed by atoms with E-state index in [1.807, 2.05) is 36.4 Å². The van der Waals surface area contributed by atoms with Gasteiger partial charge in [-0.2, -0.15) is 0 Å². The Bertz CT molecular complexity index is 966. The maximum Gasteiger partial charge on any atom is 0.255 e. The fraction of sp³-hybridized carbons (Fsp3) is 0.130. The topological polar surface area (TPSA) is 55.4 Å². The van der Waals surface area contributed by atoms with E-state index in [2.05, 4.69) is 28.2 Å². The Labute approximate surface area is 172 Å². The van der Waals surface area contributed by atoms with Gasteiger partial charge in [0.25, 0.3) is 5.91 Å². The summed E-state index contributed by atoms with van der Waals surface area (Å²) in [5, 5.41) is 2.83. The molecule has 142 valence electrons. The number of halogens is 1. The molecule has 0 aromatic heterocycles. The molecular formula is C23H20BrNO3. The predicted molar refractivity (Wildman–Crippen MR) is 114 cm³/mol. The van der Waals surface area contributed by atoms with E-state index in [9.17, 15) is 9.59 Å². The van der Waals surface area contributed by atoms with E-state index in [1.165, 1.54) is 5.56 Å². The Morgan fingerprint density at radius 3 is 2.29 bits per heavy atom. The zero-order valence-electron chi connectivity index (χ0n) is 15.4. The summed E-state index contributed by atoms with van der Waals surface area (Å²) in [4.78, 5) is 24.6. The van der Waals surface area contributed by atoms with Crippen LogP contribution in [0.1, 0.15) is 33.2 Å². The van der Waals surface area contributed by atoms with Crippen molar-refractivity contribution in [1.82, 2.24) is 0 Å². The van der Waals surface area contributed by atoms with Crippen molar-refractivity contribution in [2.24, 2.45) is 0 Å². The highest BCUT2D eigenvalue weighted by Crippen LogP contribution is 2.19. The first-order valence-electron chi connectivity index (χ1n) is 8.97. The number of carbonyl (C=O) groups excluding carboxylic acids is 2. The minimum atomic E-state index is -0.211. The Hall–Kier alpha value is -2.92. The van der Waals surface area contributed by atoms with Gasteiger partial charge in [0.2, 0.25) is 0 Å². The Balaban J connectivity index is 1.60. The SMILES string of the molecule is CCc1ccc(C(=O)COc2cccc(NC(=O)c3ccc(Br)cc3)c2)cc1. The van der Waals surface area contributed by atoms with Gasteiger partial charge >= 0.3 is 0 Å². The molecule has 28 heavy (non-hydrogen) atoms. The number of ketones is 1. The molecule has 3 rings (SSSR count). The largest absolute Gasteiger partial charge is 0.485 e. The number of ether oxygens (including phenoxy) is 1. The molecule has 0 aliphatic carbocycles. The van der Waals surface area contributed by atoms with Crippen molar-refractivity contribution in [2.75, 3.05) is 11.9 Å². The Kier molecular flexibility index (Phi) is 6.61. The van der Waals surface area contributed by atoms with Crippen molar-refractivity contribution in [3.63, 3.8) is 0 Å². The summed E-state index contributed by atoms with van der Waals surface area (Å²) in [5.41, 5.74) is 2.97. The fourth-order valence-corrected chi connectivity index (χ4v) is 2.89. The number of rotatable bonds is 7. The number of aryl methyl sites for hydroxylation is 1. The number of amides is 1. The number of hydrogen-bond acceptors (Lipinski definition) is 3. The number of hydrogen-bond donors (Lipinski definition) is 1. The minimum absolute atomic E-state index is 0.0599. The molecule has 1 amide bonds. The Morgan fingerprint density at radius 1 is 0.929 bits per heavy atom. The molecule has 1 N–H and O–H groups in total. The van der Waals surface area contributed by atoms with Gasteiger partial charge in [0.05, 0.1) is 0 Å². The van der Waals surface area contributed by atoms with Crippen LogP contribution in [0.5, 0.6) is 5.75 Å². The lowest BCUT2D eigenvalue weighted by Gasteiger charge is -2.09. The summed E-state index contributed by atoms with van der Waals surface area (Å²) in [6.45, 7) is 2.01. The van der Waals surface area contributed by atoms with Crippen LogP contribution >= 0.6 is 15.9 Å². The summed E-state index contributed by atoms with van der Waals surface area (Å²) in [7, 11) is 0. The van der Waals surface area contributed by atoms with E-state index in [0.717, 1.165) is 10.9 Å². The van der Waals surface area contributed by atoms with Crippen molar-refractivity contribution in [3.05, 3.63) is 94.0 Å². The van der Waals surface area contributed by atoms with Crippen molar-refractivity contribution < 1.29 is 14.3 Å². The molecule has 3 aromatic rings. The molecule has 0 fully saturated rings. The molecule has 4 nitrogen and oxygen atoms in total. The highest BCUT2D eigenvalue weighted by atomic mass is 79.9. The van der Waals surface area contributed by atoms with Crippen LogP contribution in [0.3, 0.4) is 0 Å². The molecule has 0 atom stereocenters. The summed E-state index contributed by atoms with van der Waals surface area (Å²) in [5.74, 6) is 0.218. The van der Waals surface area contributed by atoms with Gasteiger partial charge in [0.15, 0.2) is 12.4 Å². The molecule has 3 aromatic carbocycles. The van der Waals surface area contributed by atoms with Crippen molar-refractivity contribution in [3.8, 4) is 5.75 Å². The van der Waals surface area contributed by atoms with E-state index >= 15 is 0 Å². The van der Waals surface area contributed by atoms with E-state index in [0.29, 0.717) is 22.6 Å². The quantitative estimate of drug-likeness (QED) is 0.494. The third-order valence-electron chi connectivity index (χ3n) is 4.25. The van der Waals surface area contributed by atoms with Gasteiger partial charge in [-0.25, -0.2) is 0 Å². The first kappa shape index (κ1) is 19.8. The third-order valence-corrected chi connectivity index (χ3v) is 4.78. The van der Waals surface area contributed by atoms with Crippen LogP contribution in [0.25, 0.3) is 0 Å². The summed E-state index contributed by atoms with van der Waals surface area (Å²) < 4.78 is 6.53. The average Bonchev–Trinajstić information content (AvgIpc) is 2.73. The van der Waals surface area contributed by atoms with Crippen LogP contribution in [0.4, 0.5) is 5.69 Å². The van der Waals surface area contributed by atoms with Gasteiger partial charge in [-0.15, -0.1) is 0 Å². The van der Waals surface area contributed by atoms with Gasteiger partial charge in [0, 0.05) is 27.4 Å². The van der Waals surface area contributed by atoms with Crippen molar-refractivity contribution in [2.45, 2.75) is 13.3 Å². The molecule has 0 saturated carbocycles. The van der Waals surface area contributed by atoms with Crippen LogP contribution in [0.2, 0.25) is 0 Å². The molecule has 5 heteroatoms. The smallest absolute Gasteiger partial charge is 0.255 e. The maximum absolute atomic E-state index is 12.3. The van der Waals surface area contributed by atoms with E-state index in [-0.39, 0.29) is 18.3 Å². The van der Waals surface area contributed by atoms with Crippen LogP contribution in [0, 0.1) is 0 Å². The summed E-state index contributed by atoms with van der Waals surface area (Å²) >= 11 is 3.35. The van der Waals surface area contributed by atoms with Gasteiger partial charge in [0.1, 0.15) is 5.75 Å². The van der Waals surface area contributed by atoms with E-state index in [4.69, 9.17) is 4.74 Å². The van der Waals surface area contributed by atoms with Gasteiger partial charge in [-0.05, 0) is 48.4 Å².